The van der Waals surface area contributed by atoms with E-state index < -0.39 is 71.2 Å². The largest absolute Gasteiger partial charge is 0.462 e. The van der Waals surface area contributed by atoms with Gasteiger partial charge in [0.15, 0.2) is 12.4 Å². The van der Waals surface area contributed by atoms with Crippen LogP contribution in [0.3, 0.4) is 0 Å². The van der Waals surface area contributed by atoms with Crippen molar-refractivity contribution in [3.63, 3.8) is 0 Å². The molecule has 0 amide bonds. The summed E-state index contributed by atoms with van der Waals surface area (Å²) in [6, 6.07) is 0. The summed E-state index contributed by atoms with van der Waals surface area (Å²) in [4.78, 5) is 25.4. The van der Waals surface area contributed by atoms with Crippen LogP contribution in [0.25, 0.3) is 0 Å². The van der Waals surface area contributed by atoms with Crippen LogP contribution in [0.2, 0.25) is 0 Å². The summed E-state index contributed by atoms with van der Waals surface area (Å²) in [5, 5.41) is 30.9. The Labute approximate surface area is 370 Å². The van der Waals surface area contributed by atoms with E-state index in [1.165, 1.54) is 89.9 Å². The maximum absolute atomic E-state index is 12.8. The van der Waals surface area contributed by atoms with Crippen LogP contribution in [0, 0.1) is 0 Å². The van der Waals surface area contributed by atoms with Crippen LogP contribution in [-0.4, -0.2) is 96.0 Å². The molecule has 1 aliphatic rings. The summed E-state index contributed by atoms with van der Waals surface area (Å²) >= 11 is 0. The van der Waals surface area contributed by atoms with Gasteiger partial charge in [-0.05, 0) is 51.4 Å². The number of esters is 2. The molecule has 1 fully saturated rings. The summed E-state index contributed by atoms with van der Waals surface area (Å²) < 4.78 is 54.1. The second-order valence-corrected chi connectivity index (χ2v) is 18.3. The van der Waals surface area contributed by atoms with Crippen molar-refractivity contribution < 1.29 is 56.8 Å². The third-order valence-corrected chi connectivity index (χ3v) is 11.7. The van der Waals surface area contributed by atoms with E-state index in [-0.39, 0.29) is 19.4 Å². The molecule has 0 aliphatic carbocycles. The Bertz CT molecular complexity index is 1270. The van der Waals surface area contributed by atoms with Crippen molar-refractivity contribution in [1.82, 2.24) is 0 Å². The molecule has 356 valence electrons. The number of rotatable bonds is 40. The molecule has 6 unspecified atom stereocenters. The van der Waals surface area contributed by atoms with Crippen LogP contribution in [0.15, 0.2) is 36.5 Å². The van der Waals surface area contributed by atoms with Crippen LogP contribution >= 0.6 is 0 Å². The Kier molecular flexibility index (Phi) is 35.8. The third-order valence-electron chi connectivity index (χ3n) is 11.0. The van der Waals surface area contributed by atoms with Gasteiger partial charge in [-0.2, -0.15) is 8.42 Å². The highest BCUT2D eigenvalue weighted by molar-refractivity contribution is 7.85. The van der Waals surface area contributed by atoms with Crippen molar-refractivity contribution in [3.05, 3.63) is 36.5 Å². The van der Waals surface area contributed by atoms with Crippen molar-refractivity contribution in [1.29, 1.82) is 0 Å². The number of ether oxygens (including phenoxy) is 4. The third kappa shape index (κ3) is 33.1. The van der Waals surface area contributed by atoms with Crippen LogP contribution in [-0.2, 0) is 38.7 Å². The number of carbonyl (C=O) groups excluding carboxylic acids is 2. The molecule has 12 nitrogen and oxygen atoms in total. The fraction of sp³-hybridized carbons (Fsp3) is 0.833. The molecule has 0 aromatic carbocycles. The summed E-state index contributed by atoms with van der Waals surface area (Å²) in [6.07, 6.45) is 34.6. The van der Waals surface area contributed by atoms with Gasteiger partial charge in [0.2, 0.25) is 0 Å². The van der Waals surface area contributed by atoms with Crippen molar-refractivity contribution >= 4 is 22.1 Å². The first-order valence-corrected chi connectivity index (χ1v) is 25.7. The Morgan fingerprint density at radius 3 is 1.49 bits per heavy atom. The minimum Gasteiger partial charge on any atom is -0.462 e. The number of hydrogen-bond donors (Lipinski definition) is 4. The van der Waals surface area contributed by atoms with Gasteiger partial charge in [0.25, 0.3) is 10.1 Å². The highest BCUT2D eigenvalue weighted by atomic mass is 32.2. The van der Waals surface area contributed by atoms with Crippen molar-refractivity contribution in [3.8, 4) is 0 Å². The molecule has 0 aromatic heterocycles. The minimum atomic E-state index is -4.60. The first-order valence-electron chi connectivity index (χ1n) is 24.0. The first kappa shape index (κ1) is 56.9. The summed E-state index contributed by atoms with van der Waals surface area (Å²) in [5.41, 5.74) is 0. The summed E-state index contributed by atoms with van der Waals surface area (Å²) in [5.74, 6) is -1.99. The van der Waals surface area contributed by atoms with E-state index in [9.17, 15) is 37.9 Å². The number of aliphatic hydroxyl groups is 3. The normalized spacial score (nSPS) is 20.3. The highest BCUT2D eigenvalue weighted by Gasteiger charge is 2.46. The first-order chi connectivity index (χ1) is 29.5. The zero-order valence-corrected chi connectivity index (χ0v) is 38.8. The van der Waals surface area contributed by atoms with Crippen LogP contribution in [0.4, 0.5) is 0 Å². The van der Waals surface area contributed by atoms with Crippen LogP contribution < -0.4 is 0 Å². The predicted octanol–water partition coefficient (Wildman–Crippen LogP) is 10.2. The molecule has 6 atom stereocenters. The maximum atomic E-state index is 12.8. The molecule has 0 aromatic rings. The van der Waals surface area contributed by atoms with Gasteiger partial charge in [-0.3, -0.25) is 14.1 Å². The lowest BCUT2D eigenvalue weighted by molar-refractivity contribution is -0.297. The number of aliphatic hydroxyl groups excluding tert-OH is 3. The van der Waals surface area contributed by atoms with E-state index >= 15 is 0 Å². The van der Waals surface area contributed by atoms with Gasteiger partial charge in [0, 0.05) is 12.8 Å². The monoisotopic (exact) mass is 887 g/mol. The lowest BCUT2D eigenvalue weighted by Crippen LogP contribution is -2.60. The van der Waals surface area contributed by atoms with Crippen molar-refractivity contribution in [2.24, 2.45) is 0 Å². The Morgan fingerprint density at radius 1 is 0.557 bits per heavy atom. The van der Waals surface area contributed by atoms with E-state index in [0.29, 0.717) is 12.8 Å². The predicted molar refractivity (Wildman–Crippen MR) is 243 cm³/mol. The lowest BCUT2D eigenvalue weighted by atomic mass is 10.00. The molecule has 0 bridgehead atoms. The minimum absolute atomic E-state index is 0.151. The average Bonchev–Trinajstić information content (AvgIpc) is 3.22. The molecule has 1 rings (SSSR count). The van der Waals surface area contributed by atoms with E-state index in [1.807, 2.05) is 0 Å². The van der Waals surface area contributed by atoms with E-state index in [0.717, 1.165) is 70.6 Å². The van der Waals surface area contributed by atoms with Crippen LogP contribution in [0.5, 0.6) is 0 Å². The van der Waals surface area contributed by atoms with Gasteiger partial charge in [-0.1, -0.05) is 172 Å². The zero-order chi connectivity index (χ0) is 44.8. The number of hydrogen-bond acceptors (Lipinski definition) is 11. The quantitative estimate of drug-likeness (QED) is 0.0198. The molecular formula is C48H86O12S. The molecule has 13 heteroatoms. The Hall–Kier alpha value is -2.13. The topological polar surface area (TPSA) is 186 Å². The number of unbranched alkanes of at least 4 members (excludes halogenated alkanes) is 22. The zero-order valence-electron chi connectivity index (χ0n) is 38.0. The molecule has 1 heterocycles. The Morgan fingerprint density at radius 2 is 0.984 bits per heavy atom. The van der Waals surface area contributed by atoms with Crippen LogP contribution in [0.1, 0.15) is 200 Å². The fourth-order valence-electron chi connectivity index (χ4n) is 7.21. The lowest BCUT2D eigenvalue weighted by Gasteiger charge is -2.40. The van der Waals surface area contributed by atoms with Gasteiger partial charge >= 0.3 is 11.9 Å². The van der Waals surface area contributed by atoms with Gasteiger partial charge in [0.05, 0.1) is 6.61 Å². The smallest absolute Gasteiger partial charge is 0.306 e. The molecule has 0 spiro atoms. The van der Waals surface area contributed by atoms with Gasteiger partial charge in [-0.15, -0.1) is 0 Å². The SMILES string of the molecule is CCCCC/C=C\C/C=C\C/C=C\CCCCCCCCC(=O)OC(COC(=O)CCCCCCCCCCCCCCCC)COC1OC(CS(=O)(=O)O)C(O)C(O)C1O. The van der Waals surface area contributed by atoms with E-state index in [1.54, 1.807) is 0 Å². The van der Waals surface area contributed by atoms with Gasteiger partial charge < -0.3 is 34.3 Å². The van der Waals surface area contributed by atoms with Crippen molar-refractivity contribution in [2.75, 3.05) is 19.0 Å². The standard InChI is InChI=1S/C48H86O12S/c1-3-5-7-9-11-13-15-17-19-20-21-22-23-25-27-29-31-33-35-37-44(50)59-41(39-58-48-47(53)46(52)45(51)42(60-48)40-61(54,55)56)38-57-43(49)36-34-32-30-28-26-24-18-16-14-12-10-8-6-4-2/h11,13,17,19,21-22,41-42,45-48,51-53H,3-10,12,14-16,18,20,23-40H2,1-2H3,(H,54,55,56)/b13-11-,19-17-,22-21-. The molecule has 0 radical (unpaired) electrons. The summed E-state index contributed by atoms with van der Waals surface area (Å²) in [7, 11) is -4.60. The maximum Gasteiger partial charge on any atom is 0.306 e. The van der Waals surface area contributed by atoms with Crippen molar-refractivity contribution in [2.45, 2.75) is 237 Å². The molecule has 0 saturated carbocycles. The fourth-order valence-corrected chi connectivity index (χ4v) is 7.90. The second kappa shape index (κ2) is 38.3. The van der Waals surface area contributed by atoms with Gasteiger partial charge in [0.1, 0.15) is 36.8 Å². The number of allylic oxidation sites excluding steroid dienone is 6. The molecular weight excluding hydrogens is 801 g/mol. The van der Waals surface area contributed by atoms with E-state index in [2.05, 4.69) is 50.3 Å². The molecule has 1 saturated heterocycles. The highest BCUT2D eigenvalue weighted by Crippen LogP contribution is 2.24. The van der Waals surface area contributed by atoms with Gasteiger partial charge in [-0.25, -0.2) is 0 Å². The number of carbonyl (C=O) groups is 2. The average molecular weight is 887 g/mol. The molecule has 1 aliphatic heterocycles. The molecule has 61 heavy (non-hydrogen) atoms. The Balaban J connectivity index is 2.42. The summed E-state index contributed by atoms with van der Waals surface area (Å²) in [6.45, 7) is 3.73. The molecule has 4 N–H and O–H groups in total. The second-order valence-electron chi connectivity index (χ2n) is 16.8. The van der Waals surface area contributed by atoms with E-state index in [4.69, 9.17) is 18.9 Å².